The maximum atomic E-state index is 12.1. The number of carbonyl (C=O) groups is 2. The summed E-state index contributed by atoms with van der Waals surface area (Å²) in [6.45, 7) is -0.584. The van der Waals surface area contributed by atoms with Gasteiger partial charge in [0.05, 0.1) is 28.3 Å². The van der Waals surface area contributed by atoms with Crippen molar-refractivity contribution in [1.29, 1.82) is 5.26 Å². The van der Waals surface area contributed by atoms with Crippen molar-refractivity contribution in [2.75, 3.05) is 17.7 Å². The van der Waals surface area contributed by atoms with Gasteiger partial charge in [-0.1, -0.05) is 23.7 Å². The molecule has 1 amide bonds. The largest absolute Gasteiger partial charge is 0.456 e. The van der Waals surface area contributed by atoms with Crippen LogP contribution in [-0.2, 0) is 24.2 Å². The van der Waals surface area contributed by atoms with E-state index in [1.54, 1.807) is 12.1 Å². The predicted octanol–water partition coefficient (Wildman–Crippen LogP) is 2.56. The molecule has 0 aliphatic rings. The summed E-state index contributed by atoms with van der Waals surface area (Å²) in [7, 11) is -3.66. The first-order valence-electron chi connectivity index (χ1n) is 7.75. The molecule has 0 saturated carbocycles. The molecule has 0 atom stereocenters. The molecule has 2 aromatic rings. The zero-order chi connectivity index (χ0) is 19.9. The van der Waals surface area contributed by atoms with Crippen molar-refractivity contribution in [3.05, 3.63) is 59.1 Å². The third-order valence-electron chi connectivity index (χ3n) is 3.43. The number of rotatable bonds is 7. The van der Waals surface area contributed by atoms with E-state index in [9.17, 15) is 18.0 Å². The average molecular weight is 407 g/mol. The number of nitrogens with zero attached hydrogens (tertiary/aromatic N) is 1. The monoisotopic (exact) mass is 406 g/mol. The van der Waals surface area contributed by atoms with Gasteiger partial charge < -0.3 is 10.1 Å². The Balaban J connectivity index is 1.83. The number of amides is 1. The molecule has 0 unspecified atom stereocenters. The molecular formula is C18H15ClN2O5S. The molecule has 0 fully saturated rings. The van der Waals surface area contributed by atoms with Crippen molar-refractivity contribution in [2.24, 2.45) is 0 Å². The first-order valence-corrected chi connectivity index (χ1v) is 9.78. The second-order valence-corrected chi connectivity index (χ2v) is 7.93. The molecular weight excluding hydrogens is 392 g/mol. The average Bonchev–Trinajstić information content (AvgIpc) is 2.65. The molecule has 140 valence electrons. The van der Waals surface area contributed by atoms with Crippen molar-refractivity contribution in [1.82, 2.24) is 0 Å². The predicted molar refractivity (Wildman–Crippen MR) is 98.9 cm³/mol. The number of halogens is 1. The van der Waals surface area contributed by atoms with Crippen molar-refractivity contribution in [3.8, 4) is 6.07 Å². The first kappa shape index (κ1) is 20.4. The summed E-state index contributed by atoms with van der Waals surface area (Å²) in [5.74, 6) is -1.91. The van der Waals surface area contributed by atoms with Crippen LogP contribution in [0.2, 0.25) is 5.02 Å². The Labute approximate surface area is 161 Å². The van der Waals surface area contributed by atoms with E-state index < -0.39 is 40.5 Å². The summed E-state index contributed by atoms with van der Waals surface area (Å²) >= 11 is 5.71. The van der Waals surface area contributed by atoms with Crippen LogP contribution in [0.3, 0.4) is 0 Å². The summed E-state index contributed by atoms with van der Waals surface area (Å²) in [6.07, 6.45) is -0.396. The summed E-state index contributed by atoms with van der Waals surface area (Å²) in [5.41, 5.74) is 0.567. The van der Waals surface area contributed by atoms with Crippen LogP contribution >= 0.6 is 11.6 Å². The van der Waals surface area contributed by atoms with Gasteiger partial charge in [0.15, 0.2) is 16.4 Å². The Kier molecular flexibility index (Phi) is 6.93. The summed E-state index contributed by atoms with van der Waals surface area (Å²) in [6, 6.07) is 13.9. The molecule has 1 N–H and O–H groups in total. The van der Waals surface area contributed by atoms with Gasteiger partial charge in [-0.25, -0.2) is 8.42 Å². The van der Waals surface area contributed by atoms with Crippen LogP contribution in [-0.4, -0.2) is 32.7 Å². The molecule has 0 bridgehead atoms. The molecule has 0 aliphatic heterocycles. The fourth-order valence-electron chi connectivity index (χ4n) is 2.07. The van der Waals surface area contributed by atoms with Crippen LogP contribution in [0.4, 0.5) is 5.69 Å². The minimum absolute atomic E-state index is 0.0468. The van der Waals surface area contributed by atoms with Crippen LogP contribution in [0.25, 0.3) is 0 Å². The molecule has 0 aliphatic carbocycles. The van der Waals surface area contributed by atoms with Gasteiger partial charge in [-0.15, -0.1) is 0 Å². The van der Waals surface area contributed by atoms with Crippen molar-refractivity contribution >= 4 is 39.0 Å². The van der Waals surface area contributed by atoms with Crippen molar-refractivity contribution in [3.63, 3.8) is 0 Å². The van der Waals surface area contributed by atoms with Gasteiger partial charge >= 0.3 is 5.97 Å². The van der Waals surface area contributed by atoms with E-state index in [1.165, 1.54) is 36.4 Å². The molecule has 2 aromatic carbocycles. The van der Waals surface area contributed by atoms with Crippen LogP contribution in [0.1, 0.15) is 12.0 Å². The Bertz CT molecular complexity index is 982. The van der Waals surface area contributed by atoms with Gasteiger partial charge in [-0.2, -0.15) is 5.26 Å². The maximum absolute atomic E-state index is 12.1. The number of ether oxygens (including phenoxy) is 1. The molecule has 0 radical (unpaired) electrons. The van der Waals surface area contributed by atoms with Gasteiger partial charge in [0.1, 0.15) is 6.07 Å². The molecule has 27 heavy (non-hydrogen) atoms. The molecule has 0 saturated heterocycles. The van der Waals surface area contributed by atoms with Crippen molar-refractivity contribution in [2.45, 2.75) is 11.3 Å². The molecule has 0 heterocycles. The summed E-state index contributed by atoms with van der Waals surface area (Å²) in [4.78, 5) is 23.6. The summed E-state index contributed by atoms with van der Waals surface area (Å²) < 4.78 is 29.1. The lowest BCUT2D eigenvalue weighted by atomic mass is 10.2. The second-order valence-electron chi connectivity index (χ2n) is 5.39. The Morgan fingerprint density at radius 3 is 2.44 bits per heavy atom. The highest BCUT2D eigenvalue weighted by Gasteiger charge is 2.18. The highest BCUT2D eigenvalue weighted by Crippen LogP contribution is 2.16. The number of carbonyl (C=O) groups excluding carboxylic acids is 2. The van der Waals surface area contributed by atoms with E-state index >= 15 is 0 Å². The number of benzene rings is 2. The van der Waals surface area contributed by atoms with Gasteiger partial charge in [0, 0.05) is 5.02 Å². The number of sulfone groups is 1. The number of anilines is 1. The standard InChI is InChI=1S/C18H15ClN2O5S/c19-14-5-7-15(8-6-14)27(24,25)10-9-18(23)26-12-17(22)21-16-4-2-1-3-13(16)11-20/h1-8H,9-10,12H2,(H,21,22). The van der Waals surface area contributed by atoms with Gasteiger partial charge in [-0.3, -0.25) is 9.59 Å². The molecule has 7 nitrogen and oxygen atoms in total. The third kappa shape index (κ3) is 6.09. The minimum Gasteiger partial charge on any atom is -0.456 e. The second kappa shape index (κ2) is 9.16. The molecule has 9 heteroatoms. The third-order valence-corrected chi connectivity index (χ3v) is 5.42. The molecule has 0 aromatic heterocycles. The van der Waals surface area contributed by atoms with Gasteiger partial charge in [0.2, 0.25) is 0 Å². The number of hydrogen-bond donors (Lipinski definition) is 1. The first-order chi connectivity index (χ1) is 12.8. The number of hydrogen-bond acceptors (Lipinski definition) is 6. The van der Waals surface area contributed by atoms with Gasteiger partial charge in [0.25, 0.3) is 5.91 Å². The van der Waals surface area contributed by atoms with Crippen LogP contribution in [0.15, 0.2) is 53.4 Å². The summed E-state index contributed by atoms with van der Waals surface area (Å²) in [5, 5.41) is 11.8. The zero-order valence-electron chi connectivity index (χ0n) is 14.0. The fraction of sp³-hybridized carbons (Fsp3) is 0.167. The Hall–Kier alpha value is -2.89. The lowest BCUT2D eigenvalue weighted by molar-refractivity contribution is -0.146. The number of para-hydroxylation sites is 1. The smallest absolute Gasteiger partial charge is 0.307 e. The lowest BCUT2D eigenvalue weighted by Gasteiger charge is -2.08. The van der Waals surface area contributed by atoms with Crippen LogP contribution in [0.5, 0.6) is 0 Å². The topological polar surface area (TPSA) is 113 Å². The number of nitrogens with one attached hydrogen (secondary N) is 1. The Morgan fingerprint density at radius 2 is 1.78 bits per heavy atom. The quantitative estimate of drug-likeness (QED) is 0.707. The highest BCUT2D eigenvalue weighted by atomic mass is 35.5. The van der Waals surface area contributed by atoms with E-state index in [4.69, 9.17) is 21.6 Å². The SMILES string of the molecule is N#Cc1ccccc1NC(=O)COC(=O)CCS(=O)(=O)c1ccc(Cl)cc1. The van der Waals surface area contributed by atoms with E-state index in [0.29, 0.717) is 10.7 Å². The minimum atomic E-state index is -3.66. The van der Waals surface area contributed by atoms with Crippen LogP contribution in [0, 0.1) is 11.3 Å². The van der Waals surface area contributed by atoms with Crippen LogP contribution < -0.4 is 5.32 Å². The highest BCUT2D eigenvalue weighted by molar-refractivity contribution is 7.91. The van der Waals surface area contributed by atoms with E-state index in [1.807, 2.05) is 6.07 Å². The fourth-order valence-corrected chi connectivity index (χ4v) is 3.42. The van der Waals surface area contributed by atoms with Gasteiger partial charge in [-0.05, 0) is 36.4 Å². The van der Waals surface area contributed by atoms with Crippen molar-refractivity contribution < 1.29 is 22.7 Å². The number of nitriles is 1. The normalized spacial score (nSPS) is 10.7. The lowest BCUT2D eigenvalue weighted by Crippen LogP contribution is -2.22. The van der Waals surface area contributed by atoms with E-state index in [2.05, 4.69) is 5.32 Å². The zero-order valence-corrected chi connectivity index (χ0v) is 15.6. The number of esters is 1. The molecule has 2 rings (SSSR count). The van der Waals surface area contributed by atoms with E-state index in [-0.39, 0.29) is 10.5 Å². The maximum Gasteiger partial charge on any atom is 0.307 e. The Morgan fingerprint density at radius 1 is 1.11 bits per heavy atom. The molecule has 0 spiro atoms. The van der Waals surface area contributed by atoms with E-state index in [0.717, 1.165) is 0 Å².